The van der Waals surface area contributed by atoms with E-state index in [-0.39, 0.29) is 6.61 Å². The highest BCUT2D eigenvalue weighted by Crippen LogP contribution is 2.21. The number of aliphatic hydroxyl groups excluding tert-OH is 1. The summed E-state index contributed by atoms with van der Waals surface area (Å²) >= 11 is 1.71. The van der Waals surface area contributed by atoms with Crippen molar-refractivity contribution >= 4 is 11.8 Å². The van der Waals surface area contributed by atoms with Crippen LogP contribution in [0.15, 0.2) is 23.4 Å². The van der Waals surface area contributed by atoms with Crippen LogP contribution < -0.4 is 5.32 Å². The number of aromatic nitrogens is 1. The maximum Gasteiger partial charge on any atom is 0.100 e. The standard InChI is InChI=1S/C11H18N2OS/c1-9(7-14)8-15-11-10(6-12-2)4-3-5-13-11/h3-5,9,12,14H,6-8H2,1-2H3. The van der Waals surface area contributed by atoms with Crippen molar-refractivity contribution in [1.82, 2.24) is 10.3 Å². The van der Waals surface area contributed by atoms with Gasteiger partial charge in [0, 0.05) is 25.1 Å². The van der Waals surface area contributed by atoms with Crippen LogP contribution in [0.5, 0.6) is 0 Å². The number of nitrogens with one attached hydrogen (secondary N) is 1. The largest absolute Gasteiger partial charge is 0.396 e. The van der Waals surface area contributed by atoms with Gasteiger partial charge in [0.05, 0.1) is 0 Å². The molecule has 1 atom stereocenters. The lowest BCUT2D eigenvalue weighted by atomic mass is 10.2. The van der Waals surface area contributed by atoms with Gasteiger partial charge < -0.3 is 10.4 Å². The summed E-state index contributed by atoms with van der Waals surface area (Å²) in [5, 5.41) is 13.1. The molecule has 1 heterocycles. The van der Waals surface area contributed by atoms with Gasteiger partial charge in [-0.1, -0.05) is 13.0 Å². The smallest absolute Gasteiger partial charge is 0.100 e. The van der Waals surface area contributed by atoms with Crippen LogP contribution in [0.25, 0.3) is 0 Å². The third-order valence-electron chi connectivity index (χ3n) is 2.03. The molecule has 3 nitrogen and oxygen atoms in total. The molecule has 0 aliphatic carbocycles. The second kappa shape index (κ2) is 6.82. The minimum absolute atomic E-state index is 0.237. The van der Waals surface area contributed by atoms with Crippen LogP contribution in [-0.4, -0.2) is 29.5 Å². The first-order valence-electron chi connectivity index (χ1n) is 5.10. The molecule has 0 amide bonds. The lowest BCUT2D eigenvalue weighted by Crippen LogP contribution is -2.08. The van der Waals surface area contributed by atoms with Crippen LogP contribution in [0.4, 0.5) is 0 Å². The summed E-state index contributed by atoms with van der Waals surface area (Å²) in [5.74, 6) is 1.23. The monoisotopic (exact) mass is 226 g/mol. The predicted molar refractivity (Wildman–Crippen MR) is 64.0 cm³/mol. The summed E-state index contributed by atoms with van der Waals surface area (Å²) in [6.07, 6.45) is 1.81. The van der Waals surface area contributed by atoms with Crippen molar-refractivity contribution < 1.29 is 5.11 Å². The fourth-order valence-corrected chi connectivity index (χ4v) is 2.16. The first-order chi connectivity index (χ1) is 7.27. The third-order valence-corrected chi connectivity index (χ3v) is 3.41. The van der Waals surface area contributed by atoms with Crippen molar-refractivity contribution in [3.8, 4) is 0 Å². The number of hydrogen-bond donors (Lipinski definition) is 2. The second-order valence-electron chi connectivity index (χ2n) is 3.60. The molecule has 1 rings (SSSR count). The summed E-state index contributed by atoms with van der Waals surface area (Å²) in [7, 11) is 1.93. The lowest BCUT2D eigenvalue weighted by Gasteiger charge is -2.09. The average Bonchev–Trinajstić information content (AvgIpc) is 2.28. The second-order valence-corrected chi connectivity index (χ2v) is 4.61. The van der Waals surface area contributed by atoms with Gasteiger partial charge in [-0.15, -0.1) is 11.8 Å². The van der Waals surface area contributed by atoms with E-state index in [1.807, 2.05) is 26.2 Å². The Hall–Kier alpha value is -0.580. The fourth-order valence-electron chi connectivity index (χ4n) is 1.15. The Kier molecular flexibility index (Phi) is 5.68. The molecule has 0 aromatic carbocycles. The molecule has 0 bridgehead atoms. The molecule has 0 radical (unpaired) electrons. The third kappa shape index (κ3) is 4.20. The van der Waals surface area contributed by atoms with Crippen molar-refractivity contribution in [2.24, 2.45) is 5.92 Å². The van der Waals surface area contributed by atoms with Crippen molar-refractivity contribution in [3.63, 3.8) is 0 Å². The number of rotatable bonds is 6. The van der Waals surface area contributed by atoms with E-state index in [4.69, 9.17) is 5.11 Å². The van der Waals surface area contributed by atoms with Gasteiger partial charge in [0.1, 0.15) is 5.03 Å². The molecular formula is C11H18N2OS. The molecule has 0 aliphatic heterocycles. The quantitative estimate of drug-likeness (QED) is 0.722. The Morgan fingerprint density at radius 1 is 1.60 bits per heavy atom. The molecule has 2 N–H and O–H groups in total. The maximum absolute atomic E-state index is 8.94. The van der Waals surface area contributed by atoms with E-state index in [0.717, 1.165) is 17.3 Å². The Morgan fingerprint density at radius 3 is 3.07 bits per heavy atom. The zero-order valence-electron chi connectivity index (χ0n) is 9.23. The Labute approximate surface area is 95.3 Å². The Balaban J connectivity index is 2.58. The van der Waals surface area contributed by atoms with Crippen molar-refractivity contribution in [3.05, 3.63) is 23.9 Å². The van der Waals surface area contributed by atoms with Gasteiger partial charge in [-0.3, -0.25) is 0 Å². The van der Waals surface area contributed by atoms with Gasteiger partial charge >= 0.3 is 0 Å². The minimum Gasteiger partial charge on any atom is -0.396 e. The fraction of sp³-hybridized carbons (Fsp3) is 0.545. The van der Waals surface area contributed by atoms with E-state index in [0.29, 0.717) is 5.92 Å². The van der Waals surface area contributed by atoms with Crippen molar-refractivity contribution in [1.29, 1.82) is 0 Å². The summed E-state index contributed by atoms with van der Waals surface area (Å²) in [6, 6.07) is 4.03. The SMILES string of the molecule is CNCc1cccnc1SCC(C)CO. The molecule has 0 saturated heterocycles. The van der Waals surface area contributed by atoms with Crippen LogP contribution in [0, 0.1) is 5.92 Å². The number of hydrogen-bond acceptors (Lipinski definition) is 4. The van der Waals surface area contributed by atoms with Gasteiger partial charge in [-0.2, -0.15) is 0 Å². The lowest BCUT2D eigenvalue weighted by molar-refractivity contribution is 0.250. The van der Waals surface area contributed by atoms with E-state index in [1.165, 1.54) is 5.56 Å². The van der Waals surface area contributed by atoms with E-state index in [9.17, 15) is 0 Å². The Morgan fingerprint density at radius 2 is 2.40 bits per heavy atom. The van der Waals surface area contributed by atoms with Gasteiger partial charge in [-0.25, -0.2) is 4.98 Å². The number of thioether (sulfide) groups is 1. The summed E-state index contributed by atoms with van der Waals surface area (Å²) in [4.78, 5) is 4.34. The molecule has 0 aliphatic rings. The van der Waals surface area contributed by atoms with E-state index < -0.39 is 0 Å². The van der Waals surface area contributed by atoms with Gasteiger partial charge in [0.15, 0.2) is 0 Å². The topological polar surface area (TPSA) is 45.2 Å². The molecule has 15 heavy (non-hydrogen) atoms. The van der Waals surface area contributed by atoms with Crippen molar-refractivity contribution in [2.75, 3.05) is 19.4 Å². The van der Waals surface area contributed by atoms with Crippen LogP contribution in [-0.2, 0) is 6.54 Å². The Bertz CT molecular complexity index is 294. The van der Waals surface area contributed by atoms with E-state index >= 15 is 0 Å². The first-order valence-corrected chi connectivity index (χ1v) is 6.08. The van der Waals surface area contributed by atoms with Crippen LogP contribution in [0.1, 0.15) is 12.5 Å². The molecule has 4 heteroatoms. The molecule has 1 aromatic rings. The molecule has 0 fully saturated rings. The number of nitrogens with zero attached hydrogens (tertiary/aromatic N) is 1. The van der Waals surface area contributed by atoms with E-state index in [1.54, 1.807) is 11.8 Å². The van der Waals surface area contributed by atoms with Crippen LogP contribution in [0.3, 0.4) is 0 Å². The molecule has 0 spiro atoms. The van der Waals surface area contributed by atoms with E-state index in [2.05, 4.69) is 16.4 Å². The highest BCUT2D eigenvalue weighted by molar-refractivity contribution is 7.99. The van der Waals surface area contributed by atoms with Gasteiger partial charge in [0.25, 0.3) is 0 Å². The molecule has 84 valence electrons. The highest BCUT2D eigenvalue weighted by atomic mass is 32.2. The zero-order chi connectivity index (χ0) is 11.1. The van der Waals surface area contributed by atoms with Gasteiger partial charge in [0.2, 0.25) is 0 Å². The minimum atomic E-state index is 0.237. The molecular weight excluding hydrogens is 208 g/mol. The predicted octanol–water partition coefficient (Wildman–Crippen LogP) is 1.52. The average molecular weight is 226 g/mol. The highest BCUT2D eigenvalue weighted by Gasteiger charge is 2.06. The number of aliphatic hydroxyl groups is 1. The summed E-state index contributed by atoms with van der Waals surface area (Å²) < 4.78 is 0. The summed E-state index contributed by atoms with van der Waals surface area (Å²) in [5.41, 5.74) is 1.22. The zero-order valence-corrected chi connectivity index (χ0v) is 10.0. The number of pyridine rings is 1. The molecule has 0 saturated carbocycles. The van der Waals surface area contributed by atoms with Crippen LogP contribution >= 0.6 is 11.8 Å². The maximum atomic E-state index is 8.94. The summed E-state index contributed by atoms with van der Waals surface area (Å²) in [6.45, 7) is 3.11. The first kappa shape index (κ1) is 12.5. The van der Waals surface area contributed by atoms with Crippen molar-refractivity contribution in [2.45, 2.75) is 18.5 Å². The normalized spacial score (nSPS) is 12.7. The molecule has 1 aromatic heterocycles. The molecule has 1 unspecified atom stereocenters. The van der Waals surface area contributed by atoms with Crippen LogP contribution in [0.2, 0.25) is 0 Å². The van der Waals surface area contributed by atoms with Gasteiger partial charge in [-0.05, 0) is 24.6 Å².